The molecule has 0 unspecified atom stereocenters. The minimum Gasteiger partial charge on any atom is -0.398 e. The summed E-state index contributed by atoms with van der Waals surface area (Å²) in [7, 11) is 0. The van der Waals surface area contributed by atoms with Crippen LogP contribution in [0.25, 0.3) is 11.1 Å². The van der Waals surface area contributed by atoms with Gasteiger partial charge in [-0.15, -0.1) is 0 Å². The van der Waals surface area contributed by atoms with Crippen LogP contribution in [-0.2, 0) is 11.2 Å². The fraction of sp³-hybridized carbons (Fsp3) is 0.353. The molecule has 5 heteroatoms. The maximum atomic E-state index is 10.2. The molecule has 0 amide bonds. The quantitative estimate of drug-likeness (QED) is 0.647. The van der Waals surface area contributed by atoms with Gasteiger partial charge in [-0.1, -0.05) is 12.1 Å². The van der Waals surface area contributed by atoms with E-state index in [1.807, 2.05) is 24.3 Å². The lowest BCUT2D eigenvalue weighted by Gasteiger charge is -2.14. The fourth-order valence-corrected chi connectivity index (χ4v) is 2.94. The highest BCUT2D eigenvalue weighted by molar-refractivity contribution is 5.72. The molecule has 6 N–H and O–H groups in total. The van der Waals surface area contributed by atoms with E-state index in [1.165, 1.54) is 0 Å². The first-order valence-corrected chi connectivity index (χ1v) is 7.52. The predicted octanol–water partition coefficient (Wildman–Crippen LogP) is 1.88. The minimum absolute atomic E-state index is 0.501. The van der Waals surface area contributed by atoms with E-state index in [1.54, 1.807) is 6.20 Å². The van der Waals surface area contributed by atoms with Crippen molar-refractivity contribution in [2.45, 2.75) is 36.9 Å². The Morgan fingerprint density at radius 3 is 2.05 bits per heavy atom. The third-order valence-electron chi connectivity index (χ3n) is 4.69. The van der Waals surface area contributed by atoms with Crippen LogP contribution in [0.5, 0.6) is 0 Å². The Balaban J connectivity index is 1.70. The second-order valence-corrected chi connectivity index (χ2v) is 6.53. The van der Waals surface area contributed by atoms with Crippen molar-refractivity contribution in [3.63, 3.8) is 0 Å². The van der Waals surface area contributed by atoms with Crippen molar-refractivity contribution in [3.05, 3.63) is 41.7 Å². The normalized spacial score (nSPS) is 20.6. The number of nitrogens with zero attached hydrogens (tertiary/aromatic N) is 1. The molecule has 0 saturated heterocycles. The van der Waals surface area contributed by atoms with E-state index < -0.39 is 11.2 Å². The number of anilines is 2. The number of nitrogen functional groups attached to an aromatic ring is 2. The van der Waals surface area contributed by atoms with Crippen LogP contribution in [0.15, 0.2) is 30.5 Å². The SMILES string of the molecule is Nc1cc(-c2cnc(C3(O)CC3)c(N)c2)ccc1C1(O)CC1. The van der Waals surface area contributed by atoms with Gasteiger partial charge < -0.3 is 21.7 Å². The van der Waals surface area contributed by atoms with Crippen molar-refractivity contribution in [3.8, 4) is 11.1 Å². The van der Waals surface area contributed by atoms with Crippen LogP contribution in [0.3, 0.4) is 0 Å². The van der Waals surface area contributed by atoms with Gasteiger partial charge in [0.05, 0.1) is 17.0 Å². The number of nitrogens with two attached hydrogens (primary N) is 2. The summed E-state index contributed by atoms with van der Waals surface area (Å²) in [6.45, 7) is 0. The fourth-order valence-electron chi connectivity index (χ4n) is 2.94. The Labute approximate surface area is 128 Å². The molecule has 5 nitrogen and oxygen atoms in total. The number of hydrogen-bond acceptors (Lipinski definition) is 5. The molecule has 2 fully saturated rings. The van der Waals surface area contributed by atoms with Gasteiger partial charge in [0.15, 0.2) is 0 Å². The highest BCUT2D eigenvalue weighted by Gasteiger charge is 2.45. The molecular formula is C17H19N3O2. The van der Waals surface area contributed by atoms with Crippen LogP contribution in [0.1, 0.15) is 36.9 Å². The number of aromatic nitrogens is 1. The highest BCUT2D eigenvalue weighted by Crippen LogP contribution is 2.49. The first-order chi connectivity index (χ1) is 10.4. The van der Waals surface area contributed by atoms with E-state index in [0.717, 1.165) is 29.5 Å². The summed E-state index contributed by atoms with van der Waals surface area (Å²) in [6, 6.07) is 7.45. The largest absolute Gasteiger partial charge is 0.398 e. The van der Waals surface area contributed by atoms with Crippen molar-refractivity contribution >= 4 is 11.4 Å². The van der Waals surface area contributed by atoms with Crippen LogP contribution < -0.4 is 11.5 Å². The van der Waals surface area contributed by atoms with Gasteiger partial charge in [-0.05, 0) is 43.4 Å². The van der Waals surface area contributed by atoms with Gasteiger partial charge in [0.1, 0.15) is 5.60 Å². The summed E-state index contributed by atoms with van der Waals surface area (Å²) in [6.07, 6.45) is 4.66. The molecule has 0 aliphatic heterocycles. The molecule has 114 valence electrons. The van der Waals surface area contributed by atoms with E-state index in [-0.39, 0.29) is 0 Å². The Kier molecular flexibility index (Phi) is 2.59. The standard InChI is InChI=1S/C17H19N3O2/c18-13-7-10(1-2-12(13)16(21)3-4-16)11-8-14(19)15(20-9-11)17(22)5-6-17/h1-2,7-9,21-22H,3-6,18-19H2. The first kappa shape index (κ1) is 13.5. The van der Waals surface area contributed by atoms with Crippen molar-refractivity contribution in [2.24, 2.45) is 0 Å². The van der Waals surface area contributed by atoms with Gasteiger partial charge in [-0.2, -0.15) is 0 Å². The van der Waals surface area contributed by atoms with Crippen LogP contribution >= 0.6 is 0 Å². The van der Waals surface area contributed by atoms with Crippen LogP contribution in [0.4, 0.5) is 11.4 Å². The van der Waals surface area contributed by atoms with E-state index in [2.05, 4.69) is 4.98 Å². The number of benzene rings is 1. The third kappa shape index (κ3) is 2.05. The lowest BCUT2D eigenvalue weighted by atomic mass is 9.99. The van der Waals surface area contributed by atoms with E-state index in [9.17, 15) is 10.2 Å². The van der Waals surface area contributed by atoms with Crippen molar-refractivity contribution in [2.75, 3.05) is 11.5 Å². The van der Waals surface area contributed by atoms with Gasteiger partial charge in [0.25, 0.3) is 0 Å². The second kappa shape index (κ2) is 4.21. The lowest BCUT2D eigenvalue weighted by molar-refractivity contribution is 0.147. The summed E-state index contributed by atoms with van der Waals surface area (Å²) in [5, 5.41) is 20.3. The van der Waals surface area contributed by atoms with Gasteiger partial charge in [0, 0.05) is 23.0 Å². The molecule has 1 heterocycles. The van der Waals surface area contributed by atoms with Gasteiger partial charge >= 0.3 is 0 Å². The summed E-state index contributed by atoms with van der Waals surface area (Å²) >= 11 is 0. The van der Waals surface area contributed by atoms with Crippen LogP contribution in [0.2, 0.25) is 0 Å². The molecule has 2 aromatic rings. The second-order valence-electron chi connectivity index (χ2n) is 6.53. The zero-order valence-corrected chi connectivity index (χ0v) is 12.2. The molecule has 2 aliphatic rings. The number of hydrogen-bond donors (Lipinski definition) is 4. The van der Waals surface area contributed by atoms with Gasteiger partial charge in [-0.3, -0.25) is 4.98 Å². The molecule has 0 atom stereocenters. The third-order valence-corrected chi connectivity index (χ3v) is 4.69. The van der Waals surface area contributed by atoms with Crippen molar-refractivity contribution < 1.29 is 10.2 Å². The molecule has 22 heavy (non-hydrogen) atoms. The van der Waals surface area contributed by atoms with E-state index >= 15 is 0 Å². The summed E-state index contributed by atoms with van der Waals surface area (Å²) in [5.74, 6) is 0. The summed E-state index contributed by atoms with van der Waals surface area (Å²) < 4.78 is 0. The first-order valence-electron chi connectivity index (χ1n) is 7.52. The molecule has 1 aromatic heterocycles. The van der Waals surface area contributed by atoms with E-state index in [0.29, 0.717) is 29.9 Å². The number of rotatable bonds is 3. The summed E-state index contributed by atoms with van der Waals surface area (Å²) in [4.78, 5) is 4.34. The average molecular weight is 297 g/mol. The van der Waals surface area contributed by atoms with Crippen LogP contribution in [-0.4, -0.2) is 15.2 Å². The Bertz CT molecular complexity index is 699. The monoisotopic (exact) mass is 297 g/mol. The Morgan fingerprint density at radius 2 is 1.50 bits per heavy atom. The molecule has 0 bridgehead atoms. The highest BCUT2D eigenvalue weighted by atomic mass is 16.3. The topological polar surface area (TPSA) is 105 Å². The van der Waals surface area contributed by atoms with E-state index in [4.69, 9.17) is 11.5 Å². The zero-order valence-electron chi connectivity index (χ0n) is 12.2. The minimum atomic E-state index is -0.833. The van der Waals surface area contributed by atoms with Gasteiger partial charge in [-0.25, -0.2) is 0 Å². The molecular weight excluding hydrogens is 278 g/mol. The van der Waals surface area contributed by atoms with Crippen molar-refractivity contribution in [1.29, 1.82) is 0 Å². The molecule has 2 aliphatic carbocycles. The Hall–Kier alpha value is -2.11. The smallest absolute Gasteiger partial charge is 0.109 e. The maximum absolute atomic E-state index is 10.2. The lowest BCUT2D eigenvalue weighted by Crippen LogP contribution is -2.11. The number of pyridine rings is 1. The zero-order chi connectivity index (χ0) is 15.5. The molecule has 1 aromatic carbocycles. The van der Waals surface area contributed by atoms with Crippen LogP contribution in [0, 0.1) is 0 Å². The Morgan fingerprint density at radius 1 is 0.864 bits per heavy atom. The molecule has 4 rings (SSSR count). The average Bonchev–Trinajstić information content (AvgIpc) is 3.39. The molecule has 2 saturated carbocycles. The predicted molar refractivity (Wildman–Crippen MR) is 84.8 cm³/mol. The maximum Gasteiger partial charge on any atom is 0.109 e. The number of aliphatic hydroxyl groups is 2. The van der Waals surface area contributed by atoms with Crippen molar-refractivity contribution in [1.82, 2.24) is 4.98 Å². The van der Waals surface area contributed by atoms with Gasteiger partial charge in [0.2, 0.25) is 0 Å². The molecule has 0 spiro atoms. The summed E-state index contributed by atoms with van der Waals surface area (Å²) in [5.41, 5.74) is 14.7. The molecule has 0 radical (unpaired) electrons.